The van der Waals surface area contributed by atoms with Gasteiger partial charge in [-0.15, -0.1) is 0 Å². The van der Waals surface area contributed by atoms with Crippen molar-refractivity contribution < 1.29 is 24.4 Å². The lowest BCUT2D eigenvalue weighted by molar-refractivity contribution is -0.384. The molecule has 0 aliphatic rings. The van der Waals surface area contributed by atoms with Gasteiger partial charge in [-0.3, -0.25) is 24.5 Å². The van der Waals surface area contributed by atoms with Gasteiger partial charge in [0.05, 0.1) is 4.92 Å². The Morgan fingerprint density at radius 3 is 2.21 bits per heavy atom. The van der Waals surface area contributed by atoms with E-state index in [9.17, 15) is 29.6 Å². The molecule has 9 nitrogen and oxygen atoms in total. The van der Waals surface area contributed by atoms with Crippen molar-refractivity contribution in [3.63, 3.8) is 0 Å². The Labute approximate surface area is 166 Å². The number of hydrogen-bond donors (Lipinski definition) is 3. The second-order valence-corrected chi connectivity index (χ2v) is 6.59. The van der Waals surface area contributed by atoms with Gasteiger partial charge in [-0.05, 0) is 24.6 Å². The molecule has 152 valence electrons. The van der Waals surface area contributed by atoms with Crippen LogP contribution in [0.25, 0.3) is 0 Å². The highest BCUT2D eigenvalue weighted by atomic mass is 16.6. The largest absolute Gasteiger partial charge is 0.481 e. The summed E-state index contributed by atoms with van der Waals surface area (Å²) >= 11 is 0. The number of carboxylic acids is 1. The average molecular weight is 399 g/mol. The van der Waals surface area contributed by atoms with Gasteiger partial charge in [0.1, 0.15) is 5.41 Å². The molecule has 0 aliphatic heterocycles. The maximum Gasteiger partial charge on any atom is 0.315 e. The summed E-state index contributed by atoms with van der Waals surface area (Å²) in [7, 11) is 0. The van der Waals surface area contributed by atoms with Gasteiger partial charge in [-0.25, -0.2) is 0 Å². The van der Waals surface area contributed by atoms with E-state index in [4.69, 9.17) is 0 Å². The van der Waals surface area contributed by atoms with Gasteiger partial charge in [0, 0.05) is 37.2 Å². The molecule has 0 radical (unpaired) electrons. The summed E-state index contributed by atoms with van der Waals surface area (Å²) in [4.78, 5) is 45.8. The minimum absolute atomic E-state index is 0.0385. The molecular weight excluding hydrogens is 378 g/mol. The zero-order valence-electron chi connectivity index (χ0n) is 15.8. The molecule has 0 aliphatic carbocycles. The molecule has 0 bridgehead atoms. The molecule has 2 amide bonds. The van der Waals surface area contributed by atoms with Gasteiger partial charge in [-0.2, -0.15) is 0 Å². The zero-order valence-corrected chi connectivity index (χ0v) is 15.8. The Kier molecular flexibility index (Phi) is 7.02. The zero-order chi connectivity index (χ0) is 21.4. The summed E-state index contributed by atoms with van der Waals surface area (Å²) in [5.41, 5.74) is -0.600. The van der Waals surface area contributed by atoms with Crippen LogP contribution in [0.2, 0.25) is 0 Å². The predicted molar refractivity (Wildman–Crippen MR) is 104 cm³/mol. The van der Waals surface area contributed by atoms with Crippen LogP contribution in [-0.4, -0.2) is 40.9 Å². The van der Waals surface area contributed by atoms with Gasteiger partial charge in [-0.1, -0.05) is 30.3 Å². The van der Waals surface area contributed by atoms with Crippen LogP contribution < -0.4 is 10.6 Å². The Balaban J connectivity index is 1.84. The smallest absolute Gasteiger partial charge is 0.315 e. The highest BCUT2D eigenvalue weighted by Crippen LogP contribution is 2.23. The molecular formula is C20H21N3O6. The summed E-state index contributed by atoms with van der Waals surface area (Å²) in [6.07, 6.45) is -0.0385. The van der Waals surface area contributed by atoms with Crippen molar-refractivity contribution >= 4 is 23.5 Å². The number of carbonyl (C=O) groups is 3. The summed E-state index contributed by atoms with van der Waals surface area (Å²) < 4.78 is 0. The van der Waals surface area contributed by atoms with Gasteiger partial charge >= 0.3 is 5.97 Å². The van der Waals surface area contributed by atoms with Crippen LogP contribution in [0.15, 0.2) is 54.6 Å². The second kappa shape index (κ2) is 9.45. The standard InChI is InChI=1S/C20H21N3O6/c1-20(19(26)27,15-5-3-2-4-6-15)13-22-17(24)11-12-21-18(25)14-7-9-16(10-8-14)23(28)29/h2-10H,11-13H2,1H3,(H,21,25)(H,22,24)(H,26,27). The Morgan fingerprint density at radius 1 is 1.03 bits per heavy atom. The number of aliphatic carboxylic acids is 1. The van der Waals surface area contributed by atoms with Crippen LogP contribution in [0, 0.1) is 10.1 Å². The van der Waals surface area contributed by atoms with Gasteiger partial charge in [0.2, 0.25) is 5.91 Å². The molecule has 1 unspecified atom stereocenters. The lowest BCUT2D eigenvalue weighted by Gasteiger charge is -2.25. The first kappa shape index (κ1) is 21.5. The second-order valence-electron chi connectivity index (χ2n) is 6.59. The number of non-ortho nitro benzene ring substituents is 1. The minimum Gasteiger partial charge on any atom is -0.481 e. The summed E-state index contributed by atoms with van der Waals surface area (Å²) in [6.45, 7) is 1.47. The van der Waals surface area contributed by atoms with Crippen molar-refractivity contribution in [2.75, 3.05) is 13.1 Å². The van der Waals surface area contributed by atoms with E-state index in [1.54, 1.807) is 30.3 Å². The first-order chi connectivity index (χ1) is 13.7. The lowest BCUT2D eigenvalue weighted by atomic mass is 9.82. The SMILES string of the molecule is CC(CNC(=O)CCNC(=O)c1ccc([N+](=O)[O-])cc1)(C(=O)O)c1ccccc1. The fourth-order valence-electron chi connectivity index (χ4n) is 2.60. The summed E-state index contributed by atoms with van der Waals surface area (Å²) in [5.74, 6) is -1.93. The van der Waals surface area contributed by atoms with E-state index in [1.165, 1.54) is 31.2 Å². The number of amides is 2. The van der Waals surface area contributed by atoms with Crippen molar-refractivity contribution in [1.29, 1.82) is 0 Å². The Hall–Kier alpha value is -3.75. The topological polar surface area (TPSA) is 139 Å². The van der Waals surface area contributed by atoms with Crippen LogP contribution in [0.5, 0.6) is 0 Å². The van der Waals surface area contributed by atoms with Crippen LogP contribution >= 0.6 is 0 Å². The maximum atomic E-state index is 12.1. The van der Waals surface area contributed by atoms with E-state index >= 15 is 0 Å². The predicted octanol–water partition coefficient (Wildman–Crippen LogP) is 1.87. The minimum atomic E-state index is -1.28. The highest BCUT2D eigenvalue weighted by Gasteiger charge is 2.35. The van der Waals surface area contributed by atoms with E-state index in [0.717, 1.165) is 0 Å². The maximum absolute atomic E-state index is 12.1. The van der Waals surface area contributed by atoms with Gasteiger partial charge in [0.15, 0.2) is 0 Å². The number of nitro groups is 1. The normalized spacial score (nSPS) is 12.4. The molecule has 9 heteroatoms. The number of nitrogens with zero attached hydrogens (tertiary/aromatic N) is 1. The third-order valence-electron chi connectivity index (χ3n) is 4.50. The number of nitrogens with one attached hydrogen (secondary N) is 2. The van der Waals surface area contributed by atoms with Crippen molar-refractivity contribution in [3.8, 4) is 0 Å². The van der Waals surface area contributed by atoms with E-state index in [1.807, 2.05) is 0 Å². The van der Waals surface area contributed by atoms with Gasteiger partial charge in [0.25, 0.3) is 11.6 Å². The van der Waals surface area contributed by atoms with E-state index < -0.39 is 28.1 Å². The Morgan fingerprint density at radius 2 is 1.66 bits per heavy atom. The third-order valence-corrected chi connectivity index (χ3v) is 4.50. The van der Waals surface area contributed by atoms with Gasteiger partial charge < -0.3 is 15.7 Å². The summed E-state index contributed by atoms with van der Waals surface area (Å²) in [5, 5.41) is 25.3. The first-order valence-electron chi connectivity index (χ1n) is 8.82. The molecule has 0 spiro atoms. The van der Waals surface area contributed by atoms with Crippen molar-refractivity contribution in [2.45, 2.75) is 18.8 Å². The molecule has 2 aromatic rings. The molecule has 0 aromatic heterocycles. The molecule has 0 heterocycles. The van der Waals surface area contributed by atoms with Crippen LogP contribution in [-0.2, 0) is 15.0 Å². The molecule has 1 atom stereocenters. The number of nitro benzene ring substituents is 1. The molecule has 0 saturated carbocycles. The average Bonchev–Trinajstić information content (AvgIpc) is 2.72. The van der Waals surface area contributed by atoms with Crippen LogP contribution in [0.1, 0.15) is 29.3 Å². The number of rotatable bonds is 9. The van der Waals surface area contributed by atoms with Crippen LogP contribution in [0.3, 0.4) is 0 Å². The lowest BCUT2D eigenvalue weighted by Crippen LogP contribution is -2.45. The van der Waals surface area contributed by atoms with Crippen molar-refractivity contribution in [1.82, 2.24) is 10.6 Å². The quantitative estimate of drug-likeness (QED) is 0.435. The molecule has 2 aromatic carbocycles. The van der Waals surface area contributed by atoms with E-state index in [2.05, 4.69) is 10.6 Å². The van der Waals surface area contributed by atoms with E-state index in [0.29, 0.717) is 5.56 Å². The van der Waals surface area contributed by atoms with Crippen LogP contribution in [0.4, 0.5) is 5.69 Å². The highest BCUT2D eigenvalue weighted by molar-refractivity contribution is 5.94. The van der Waals surface area contributed by atoms with E-state index in [-0.39, 0.29) is 30.8 Å². The Bertz CT molecular complexity index is 898. The fourth-order valence-corrected chi connectivity index (χ4v) is 2.60. The molecule has 3 N–H and O–H groups in total. The summed E-state index contributed by atoms with van der Waals surface area (Å²) in [6, 6.07) is 13.7. The molecule has 2 rings (SSSR count). The van der Waals surface area contributed by atoms with Crippen molar-refractivity contribution in [2.24, 2.45) is 0 Å². The number of benzene rings is 2. The number of hydrogen-bond acceptors (Lipinski definition) is 5. The first-order valence-corrected chi connectivity index (χ1v) is 8.82. The molecule has 0 saturated heterocycles. The molecule has 29 heavy (non-hydrogen) atoms. The third kappa shape index (κ3) is 5.61. The molecule has 0 fully saturated rings. The van der Waals surface area contributed by atoms with Crippen molar-refractivity contribution in [3.05, 3.63) is 75.8 Å². The number of carbonyl (C=O) groups excluding carboxylic acids is 2. The fraction of sp³-hybridized carbons (Fsp3) is 0.250. The number of carboxylic acid groups (broad SMARTS) is 1. The monoisotopic (exact) mass is 399 g/mol.